The molecule has 0 atom stereocenters. The fourth-order valence-corrected chi connectivity index (χ4v) is 2.33. The maximum absolute atomic E-state index is 11.8. The van der Waals surface area contributed by atoms with Gasteiger partial charge in [-0.2, -0.15) is 5.10 Å². The Morgan fingerprint density at radius 3 is 2.74 bits per heavy atom. The van der Waals surface area contributed by atoms with E-state index in [0.29, 0.717) is 11.6 Å². The molecule has 3 rings (SSSR count). The molecule has 1 fully saturated rings. The van der Waals surface area contributed by atoms with E-state index >= 15 is 0 Å². The van der Waals surface area contributed by atoms with Gasteiger partial charge in [0, 0.05) is 17.8 Å². The van der Waals surface area contributed by atoms with Gasteiger partial charge in [-0.15, -0.1) is 0 Å². The first-order valence-corrected chi connectivity index (χ1v) is 7.42. The van der Waals surface area contributed by atoms with Gasteiger partial charge in [0.1, 0.15) is 0 Å². The molecule has 0 aliphatic carbocycles. The van der Waals surface area contributed by atoms with Crippen LogP contribution in [0, 0.1) is 6.92 Å². The predicted molar refractivity (Wildman–Crippen MR) is 81.9 cm³/mol. The van der Waals surface area contributed by atoms with E-state index < -0.39 is 6.03 Å². The molecule has 0 aromatic carbocycles. The van der Waals surface area contributed by atoms with E-state index in [0.717, 1.165) is 16.3 Å². The van der Waals surface area contributed by atoms with Gasteiger partial charge in [0.05, 0.1) is 18.8 Å². The summed E-state index contributed by atoms with van der Waals surface area (Å²) >= 11 is 0. The Kier molecular flexibility index (Phi) is 3.81. The number of imide groups is 1. The maximum atomic E-state index is 11.8. The number of urea groups is 1. The first-order valence-electron chi connectivity index (χ1n) is 7.42. The highest BCUT2D eigenvalue weighted by Crippen LogP contribution is 2.17. The average molecular weight is 314 g/mol. The van der Waals surface area contributed by atoms with Crippen LogP contribution >= 0.6 is 0 Å². The third-order valence-corrected chi connectivity index (χ3v) is 3.57. The van der Waals surface area contributed by atoms with Crippen LogP contribution in [-0.2, 0) is 11.3 Å². The van der Waals surface area contributed by atoms with Crippen molar-refractivity contribution >= 4 is 11.9 Å². The molecule has 0 unspecified atom stereocenters. The van der Waals surface area contributed by atoms with Crippen LogP contribution in [-0.4, -0.2) is 43.1 Å². The molecule has 3 amide bonds. The first kappa shape index (κ1) is 15.1. The summed E-state index contributed by atoms with van der Waals surface area (Å²) in [5, 5.41) is 7.03. The van der Waals surface area contributed by atoms with E-state index in [9.17, 15) is 9.59 Å². The average Bonchev–Trinajstić information content (AvgIpc) is 3.06. The number of aryl methyl sites for hydroxylation is 1. The van der Waals surface area contributed by atoms with Gasteiger partial charge in [0.25, 0.3) is 0 Å². The van der Waals surface area contributed by atoms with E-state index in [4.69, 9.17) is 0 Å². The minimum Gasteiger partial charge on any atom is -0.329 e. The maximum Gasteiger partial charge on any atom is 0.325 e. The SMILES string of the molecule is Cc1cc(-n2nc(C(C)C)nc2CN2C(=O)CNC2=O)ccn1. The van der Waals surface area contributed by atoms with E-state index in [-0.39, 0.29) is 24.9 Å². The van der Waals surface area contributed by atoms with Gasteiger partial charge in [-0.1, -0.05) is 13.8 Å². The van der Waals surface area contributed by atoms with Crippen molar-refractivity contribution in [3.8, 4) is 5.69 Å². The van der Waals surface area contributed by atoms with Crippen molar-refractivity contribution in [3.05, 3.63) is 35.7 Å². The Balaban J connectivity index is 2.01. The summed E-state index contributed by atoms with van der Waals surface area (Å²) in [6.45, 7) is 6.00. The van der Waals surface area contributed by atoms with Gasteiger partial charge in [-0.05, 0) is 19.1 Å². The van der Waals surface area contributed by atoms with Crippen LogP contribution in [0.4, 0.5) is 4.79 Å². The van der Waals surface area contributed by atoms with Crippen molar-refractivity contribution in [3.63, 3.8) is 0 Å². The lowest BCUT2D eigenvalue weighted by Gasteiger charge is -2.12. The third kappa shape index (κ3) is 2.92. The second kappa shape index (κ2) is 5.79. The normalized spacial score (nSPS) is 14.7. The van der Waals surface area contributed by atoms with E-state index in [1.807, 2.05) is 32.9 Å². The van der Waals surface area contributed by atoms with Crippen LogP contribution in [0.2, 0.25) is 0 Å². The van der Waals surface area contributed by atoms with Crippen molar-refractivity contribution in [1.29, 1.82) is 0 Å². The van der Waals surface area contributed by atoms with Crippen LogP contribution in [0.3, 0.4) is 0 Å². The smallest absolute Gasteiger partial charge is 0.325 e. The minimum absolute atomic E-state index is 0.0262. The minimum atomic E-state index is -0.401. The van der Waals surface area contributed by atoms with Gasteiger partial charge >= 0.3 is 6.03 Å². The number of pyridine rings is 1. The second-order valence-electron chi connectivity index (χ2n) is 5.75. The number of amides is 3. The van der Waals surface area contributed by atoms with Crippen LogP contribution in [0.1, 0.15) is 37.1 Å². The van der Waals surface area contributed by atoms with E-state index in [1.165, 1.54) is 0 Å². The number of nitrogens with one attached hydrogen (secondary N) is 1. The van der Waals surface area contributed by atoms with Crippen LogP contribution in [0.5, 0.6) is 0 Å². The molecule has 1 saturated heterocycles. The van der Waals surface area contributed by atoms with Crippen molar-refractivity contribution < 1.29 is 9.59 Å². The Morgan fingerprint density at radius 2 is 2.13 bits per heavy atom. The number of nitrogens with zero attached hydrogens (tertiary/aromatic N) is 5. The number of carbonyl (C=O) groups excluding carboxylic acids is 2. The highest BCUT2D eigenvalue weighted by molar-refractivity contribution is 6.01. The monoisotopic (exact) mass is 314 g/mol. The summed E-state index contributed by atoms with van der Waals surface area (Å²) in [4.78, 5) is 33.4. The first-order chi connectivity index (χ1) is 11.0. The molecule has 0 spiro atoms. The largest absolute Gasteiger partial charge is 0.329 e. The van der Waals surface area contributed by atoms with Crippen molar-refractivity contribution in [2.24, 2.45) is 0 Å². The summed E-state index contributed by atoms with van der Waals surface area (Å²) in [6, 6.07) is 3.30. The summed E-state index contributed by atoms with van der Waals surface area (Å²) in [6.07, 6.45) is 1.69. The number of aromatic nitrogens is 4. The Morgan fingerprint density at radius 1 is 1.35 bits per heavy atom. The molecular weight excluding hydrogens is 296 g/mol. The van der Waals surface area contributed by atoms with Gasteiger partial charge in [-0.25, -0.2) is 14.5 Å². The third-order valence-electron chi connectivity index (χ3n) is 3.57. The second-order valence-corrected chi connectivity index (χ2v) is 5.75. The van der Waals surface area contributed by atoms with Crippen molar-refractivity contribution in [1.82, 2.24) is 30.0 Å². The molecule has 2 aromatic heterocycles. The number of hydrogen-bond acceptors (Lipinski definition) is 5. The zero-order valence-corrected chi connectivity index (χ0v) is 13.3. The van der Waals surface area contributed by atoms with Gasteiger partial charge in [-0.3, -0.25) is 14.7 Å². The lowest BCUT2D eigenvalue weighted by Crippen LogP contribution is -2.31. The van der Waals surface area contributed by atoms with Crippen LogP contribution in [0.25, 0.3) is 5.69 Å². The zero-order valence-electron chi connectivity index (χ0n) is 13.3. The molecule has 1 aliphatic heterocycles. The van der Waals surface area contributed by atoms with Crippen molar-refractivity contribution in [2.75, 3.05) is 6.54 Å². The molecule has 23 heavy (non-hydrogen) atoms. The molecule has 0 bridgehead atoms. The summed E-state index contributed by atoms with van der Waals surface area (Å²) in [5.74, 6) is 1.09. The topological polar surface area (TPSA) is 93.0 Å². The summed E-state index contributed by atoms with van der Waals surface area (Å²) in [7, 11) is 0. The highest BCUT2D eigenvalue weighted by atomic mass is 16.2. The van der Waals surface area contributed by atoms with Gasteiger partial charge < -0.3 is 5.32 Å². The number of rotatable bonds is 4. The van der Waals surface area contributed by atoms with E-state index in [2.05, 4.69) is 20.4 Å². The fourth-order valence-electron chi connectivity index (χ4n) is 2.33. The van der Waals surface area contributed by atoms with Gasteiger partial charge in [0.15, 0.2) is 11.6 Å². The molecule has 3 heterocycles. The molecular formula is C15H18N6O2. The lowest BCUT2D eigenvalue weighted by atomic mass is 10.2. The summed E-state index contributed by atoms with van der Waals surface area (Å²) < 4.78 is 1.67. The molecule has 8 nitrogen and oxygen atoms in total. The van der Waals surface area contributed by atoms with Gasteiger partial charge in [0.2, 0.25) is 5.91 Å². The number of hydrogen-bond donors (Lipinski definition) is 1. The Bertz CT molecular complexity index is 751. The van der Waals surface area contributed by atoms with Crippen LogP contribution < -0.4 is 5.32 Å². The molecule has 8 heteroatoms. The Hall–Kier alpha value is -2.77. The van der Waals surface area contributed by atoms with Crippen LogP contribution in [0.15, 0.2) is 18.3 Å². The molecule has 0 radical (unpaired) electrons. The molecule has 1 N–H and O–H groups in total. The molecule has 120 valence electrons. The standard InChI is InChI=1S/C15H18N6O2/c1-9(2)14-18-12(8-20-13(22)7-17-15(20)23)21(19-14)11-4-5-16-10(3)6-11/h4-6,9H,7-8H2,1-3H3,(H,17,23). The lowest BCUT2D eigenvalue weighted by molar-refractivity contribution is -0.125. The quantitative estimate of drug-likeness (QED) is 0.854. The zero-order chi connectivity index (χ0) is 16.6. The van der Waals surface area contributed by atoms with E-state index in [1.54, 1.807) is 10.9 Å². The molecule has 0 saturated carbocycles. The highest BCUT2D eigenvalue weighted by Gasteiger charge is 2.30. The summed E-state index contributed by atoms with van der Waals surface area (Å²) in [5.41, 5.74) is 1.66. The molecule has 1 aliphatic rings. The molecule has 2 aromatic rings. The Labute approximate surface area is 133 Å². The van der Waals surface area contributed by atoms with Crippen molar-refractivity contribution in [2.45, 2.75) is 33.2 Å². The number of carbonyl (C=O) groups is 2. The predicted octanol–water partition coefficient (Wildman–Crippen LogP) is 1.15. The fraction of sp³-hybridized carbons (Fsp3) is 0.400.